The molecule has 1 aromatic carbocycles. The number of anilines is 1. The Kier molecular flexibility index (Phi) is 4.95. The molecule has 98 valence electrons. The number of nitrogens with one attached hydrogen (secondary N) is 2. The van der Waals surface area contributed by atoms with Gasteiger partial charge < -0.3 is 10.7 Å². The lowest BCUT2D eigenvalue weighted by molar-refractivity contribution is -0.119. The summed E-state index contributed by atoms with van der Waals surface area (Å²) in [4.78, 5) is 18.8. The van der Waals surface area contributed by atoms with Gasteiger partial charge in [-0.05, 0) is 12.1 Å². The zero-order valence-electron chi connectivity index (χ0n) is 9.74. The van der Waals surface area contributed by atoms with Crippen LogP contribution in [0.1, 0.15) is 6.92 Å². The molecule has 0 saturated carbocycles. The molecule has 4 N–H and O–H groups in total. The van der Waals surface area contributed by atoms with E-state index in [9.17, 15) is 4.79 Å². The maximum Gasteiger partial charge on any atom is 0.230 e. The van der Waals surface area contributed by atoms with Crippen LogP contribution in [0.15, 0.2) is 18.2 Å². The molecule has 1 atom stereocenters. The van der Waals surface area contributed by atoms with Crippen molar-refractivity contribution in [3.8, 4) is 0 Å². The molecule has 0 spiro atoms. The second-order valence-electron chi connectivity index (χ2n) is 3.85. The standard InChI is InChI=1S/C11H13ClN4O.ClH/c1-6(5-13)10(17)16-11-14-8-4-2-3-7(12)9(8)15-11;/h2-4,6H,5,13H2,1H3,(H2,14,15,16,17);1H. The van der Waals surface area contributed by atoms with Crippen molar-refractivity contribution >= 4 is 46.9 Å². The minimum atomic E-state index is -0.251. The van der Waals surface area contributed by atoms with Crippen molar-refractivity contribution < 1.29 is 4.79 Å². The predicted molar refractivity (Wildman–Crippen MR) is 75.2 cm³/mol. The smallest absolute Gasteiger partial charge is 0.230 e. The maximum atomic E-state index is 11.6. The number of carbonyl (C=O) groups excluding carboxylic acids is 1. The number of H-pyrrole nitrogens is 1. The van der Waals surface area contributed by atoms with Crippen LogP contribution >= 0.6 is 24.0 Å². The molecule has 1 unspecified atom stereocenters. The predicted octanol–water partition coefficient (Wildman–Crippen LogP) is 2.17. The van der Waals surface area contributed by atoms with E-state index >= 15 is 0 Å². The zero-order valence-corrected chi connectivity index (χ0v) is 11.3. The maximum absolute atomic E-state index is 11.6. The Hall–Kier alpha value is -1.30. The largest absolute Gasteiger partial charge is 0.330 e. The van der Waals surface area contributed by atoms with Gasteiger partial charge in [-0.3, -0.25) is 10.1 Å². The minimum absolute atomic E-state index is 0. The highest BCUT2D eigenvalue weighted by Crippen LogP contribution is 2.22. The Balaban J connectivity index is 0.00000162. The van der Waals surface area contributed by atoms with Crippen molar-refractivity contribution in [1.29, 1.82) is 0 Å². The van der Waals surface area contributed by atoms with E-state index in [1.54, 1.807) is 13.0 Å². The molecule has 2 aromatic rings. The monoisotopic (exact) mass is 288 g/mol. The molecule has 0 bridgehead atoms. The van der Waals surface area contributed by atoms with Crippen LogP contribution < -0.4 is 11.1 Å². The molecule has 0 aliphatic carbocycles. The fourth-order valence-corrected chi connectivity index (χ4v) is 1.62. The van der Waals surface area contributed by atoms with Crippen LogP contribution in [0.2, 0.25) is 5.02 Å². The number of hydrogen-bond donors (Lipinski definition) is 3. The van der Waals surface area contributed by atoms with Crippen LogP contribution in [0, 0.1) is 5.92 Å². The minimum Gasteiger partial charge on any atom is -0.330 e. The van der Waals surface area contributed by atoms with E-state index in [1.807, 2.05) is 12.1 Å². The lowest BCUT2D eigenvalue weighted by atomic mass is 10.2. The highest BCUT2D eigenvalue weighted by atomic mass is 35.5. The van der Waals surface area contributed by atoms with Crippen molar-refractivity contribution in [3.63, 3.8) is 0 Å². The van der Waals surface area contributed by atoms with Gasteiger partial charge in [-0.1, -0.05) is 24.6 Å². The number of nitrogens with zero attached hydrogens (tertiary/aromatic N) is 1. The third-order valence-electron chi connectivity index (χ3n) is 2.51. The van der Waals surface area contributed by atoms with Crippen molar-refractivity contribution in [3.05, 3.63) is 23.2 Å². The number of amides is 1. The molecule has 0 radical (unpaired) electrons. The van der Waals surface area contributed by atoms with E-state index in [0.29, 0.717) is 23.0 Å². The van der Waals surface area contributed by atoms with Gasteiger partial charge in [-0.2, -0.15) is 0 Å². The normalized spacial score (nSPS) is 11.9. The molecule has 1 aromatic heterocycles. The number of hydrogen-bond acceptors (Lipinski definition) is 3. The van der Waals surface area contributed by atoms with Gasteiger partial charge in [0.05, 0.1) is 10.5 Å². The number of benzene rings is 1. The molecule has 2 rings (SSSR count). The molecule has 1 heterocycles. The fraction of sp³-hybridized carbons (Fsp3) is 0.273. The van der Waals surface area contributed by atoms with Crippen LogP contribution in [0.4, 0.5) is 5.95 Å². The number of para-hydroxylation sites is 1. The molecule has 0 saturated heterocycles. The first-order valence-electron chi connectivity index (χ1n) is 5.27. The summed E-state index contributed by atoms with van der Waals surface area (Å²) in [6.07, 6.45) is 0. The van der Waals surface area contributed by atoms with Gasteiger partial charge in [0.1, 0.15) is 5.52 Å². The van der Waals surface area contributed by atoms with Crippen molar-refractivity contribution in [2.75, 3.05) is 11.9 Å². The number of halogens is 2. The Morgan fingerprint density at radius 1 is 1.61 bits per heavy atom. The summed E-state index contributed by atoms with van der Waals surface area (Å²) in [5.74, 6) is -0.0280. The van der Waals surface area contributed by atoms with Crippen molar-refractivity contribution in [1.82, 2.24) is 9.97 Å². The van der Waals surface area contributed by atoms with Crippen LogP contribution in [0.3, 0.4) is 0 Å². The number of aromatic amines is 1. The van der Waals surface area contributed by atoms with Crippen LogP contribution in [-0.2, 0) is 4.79 Å². The average molecular weight is 289 g/mol. The second kappa shape index (κ2) is 6.04. The Morgan fingerprint density at radius 3 is 2.94 bits per heavy atom. The molecule has 0 aliphatic heterocycles. The number of rotatable bonds is 3. The summed E-state index contributed by atoms with van der Waals surface area (Å²) in [5, 5.41) is 3.21. The van der Waals surface area contributed by atoms with Crippen LogP contribution in [-0.4, -0.2) is 22.4 Å². The van der Waals surface area contributed by atoms with Gasteiger partial charge in [0.2, 0.25) is 11.9 Å². The van der Waals surface area contributed by atoms with Gasteiger partial charge in [-0.15, -0.1) is 12.4 Å². The van der Waals surface area contributed by atoms with Crippen molar-refractivity contribution in [2.24, 2.45) is 11.7 Å². The number of fused-ring (bicyclic) bond motifs is 1. The number of carbonyl (C=O) groups is 1. The van der Waals surface area contributed by atoms with E-state index in [-0.39, 0.29) is 24.2 Å². The van der Waals surface area contributed by atoms with Gasteiger partial charge in [0.25, 0.3) is 0 Å². The SMILES string of the molecule is CC(CN)C(=O)Nc1nc2c(Cl)cccc2[nH]1.Cl. The number of nitrogens with two attached hydrogens (primary N) is 1. The number of aromatic nitrogens is 2. The molecule has 0 fully saturated rings. The van der Waals surface area contributed by atoms with E-state index in [4.69, 9.17) is 17.3 Å². The lowest BCUT2D eigenvalue weighted by Crippen LogP contribution is -2.27. The van der Waals surface area contributed by atoms with Gasteiger partial charge in [0.15, 0.2) is 0 Å². The first-order chi connectivity index (χ1) is 8.11. The van der Waals surface area contributed by atoms with Gasteiger partial charge in [0, 0.05) is 12.5 Å². The first-order valence-corrected chi connectivity index (χ1v) is 5.64. The van der Waals surface area contributed by atoms with Gasteiger partial charge >= 0.3 is 0 Å². The topological polar surface area (TPSA) is 83.8 Å². The molecule has 7 heteroatoms. The summed E-state index contributed by atoms with van der Waals surface area (Å²) >= 11 is 5.98. The quantitative estimate of drug-likeness (QED) is 0.809. The summed E-state index contributed by atoms with van der Waals surface area (Å²) in [6, 6.07) is 5.41. The van der Waals surface area contributed by atoms with Crippen LogP contribution in [0.25, 0.3) is 11.0 Å². The first kappa shape index (κ1) is 14.8. The number of imidazole rings is 1. The fourth-order valence-electron chi connectivity index (χ4n) is 1.40. The second-order valence-corrected chi connectivity index (χ2v) is 4.25. The lowest BCUT2D eigenvalue weighted by Gasteiger charge is -2.06. The summed E-state index contributed by atoms with van der Waals surface area (Å²) in [5.41, 5.74) is 6.84. The third-order valence-corrected chi connectivity index (χ3v) is 2.81. The molecular formula is C11H14Cl2N4O. The molecule has 1 amide bonds. The average Bonchev–Trinajstić information content (AvgIpc) is 2.72. The van der Waals surface area contributed by atoms with E-state index in [0.717, 1.165) is 5.52 Å². The highest BCUT2D eigenvalue weighted by Gasteiger charge is 2.13. The third kappa shape index (κ3) is 2.93. The highest BCUT2D eigenvalue weighted by molar-refractivity contribution is 6.35. The van der Waals surface area contributed by atoms with E-state index in [1.165, 1.54) is 0 Å². The van der Waals surface area contributed by atoms with E-state index in [2.05, 4.69) is 15.3 Å². The molecule has 18 heavy (non-hydrogen) atoms. The summed E-state index contributed by atoms with van der Waals surface area (Å²) < 4.78 is 0. The Labute approximate surface area is 116 Å². The molecular weight excluding hydrogens is 275 g/mol. The Bertz CT molecular complexity index is 555. The van der Waals surface area contributed by atoms with Gasteiger partial charge in [-0.25, -0.2) is 4.98 Å². The molecule has 5 nitrogen and oxygen atoms in total. The molecule has 0 aliphatic rings. The van der Waals surface area contributed by atoms with E-state index < -0.39 is 0 Å². The van der Waals surface area contributed by atoms with Crippen LogP contribution in [0.5, 0.6) is 0 Å². The Morgan fingerprint density at radius 2 is 2.33 bits per heavy atom. The van der Waals surface area contributed by atoms with Crippen molar-refractivity contribution in [2.45, 2.75) is 6.92 Å². The summed E-state index contributed by atoms with van der Waals surface area (Å²) in [6.45, 7) is 2.05. The zero-order chi connectivity index (χ0) is 12.4. The summed E-state index contributed by atoms with van der Waals surface area (Å²) in [7, 11) is 0.